The Hall–Kier alpha value is -1.30. The summed E-state index contributed by atoms with van der Waals surface area (Å²) in [6.45, 7) is 6.61. The number of hydrogen-bond donors (Lipinski definition) is 0. The van der Waals surface area contributed by atoms with Crippen molar-refractivity contribution in [2.45, 2.75) is 20.0 Å². The second kappa shape index (κ2) is 4.51. The van der Waals surface area contributed by atoms with E-state index in [-0.39, 0.29) is 12.0 Å². The lowest BCUT2D eigenvalue weighted by Crippen LogP contribution is -2.19. The Morgan fingerprint density at radius 1 is 1.73 bits per heavy atom. The highest BCUT2D eigenvalue weighted by atomic mass is 16.5. The van der Waals surface area contributed by atoms with Crippen molar-refractivity contribution in [3.63, 3.8) is 0 Å². The van der Waals surface area contributed by atoms with E-state index < -0.39 is 5.97 Å². The van der Waals surface area contributed by atoms with Gasteiger partial charge in [0.05, 0.1) is 12.0 Å². The van der Waals surface area contributed by atoms with Gasteiger partial charge in [-0.25, -0.2) is 4.79 Å². The second-order valence-electron chi connectivity index (χ2n) is 2.26. The van der Waals surface area contributed by atoms with Crippen LogP contribution in [0, 0.1) is 17.2 Å². The first-order valence-electron chi connectivity index (χ1n) is 3.34. The van der Waals surface area contributed by atoms with Crippen molar-refractivity contribution in [2.24, 2.45) is 5.92 Å². The Labute approximate surface area is 66.3 Å². The predicted octanol–water partition coefficient (Wildman–Crippen LogP) is 1.26. The summed E-state index contributed by atoms with van der Waals surface area (Å²) in [5.41, 5.74) is 0. The SMILES string of the molecule is C=CC(=O)OC(C)C(C)C#N. The van der Waals surface area contributed by atoms with Crippen molar-refractivity contribution in [1.29, 1.82) is 5.26 Å². The number of nitriles is 1. The molecule has 0 fully saturated rings. The van der Waals surface area contributed by atoms with Crippen molar-refractivity contribution in [1.82, 2.24) is 0 Å². The van der Waals surface area contributed by atoms with Crippen LogP contribution in [0.25, 0.3) is 0 Å². The maximum atomic E-state index is 10.6. The summed E-state index contributed by atoms with van der Waals surface area (Å²) in [4.78, 5) is 10.6. The molecule has 2 atom stereocenters. The highest BCUT2D eigenvalue weighted by Gasteiger charge is 2.13. The quantitative estimate of drug-likeness (QED) is 0.453. The van der Waals surface area contributed by atoms with Crippen LogP contribution >= 0.6 is 0 Å². The summed E-state index contributed by atoms with van der Waals surface area (Å²) in [5, 5.41) is 8.42. The van der Waals surface area contributed by atoms with Crippen molar-refractivity contribution in [2.75, 3.05) is 0 Å². The van der Waals surface area contributed by atoms with Crippen molar-refractivity contribution in [3.05, 3.63) is 12.7 Å². The molecule has 3 nitrogen and oxygen atoms in total. The van der Waals surface area contributed by atoms with Crippen LogP contribution in [-0.4, -0.2) is 12.1 Å². The van der Waals surface area contributed by atoms with E-state index in [1.807, 2.05) is 6.07 Å². The molecule has 2 unspecified atom stereocenters. The van der Waals surface area contributed by atoms with Gasteiger partial charge >= 0.3 is 5.97 Å². The first-order chi connectivity index (χ1) is 5.11. The normalized spacial score (nSPS) is 14.3. The Bertz CT molecular complexity index is 193. The van der Waals surface area contributed by atoms with E-state index in [4.69, 9.17) is 10.00 Å². The van der Waals surface area contributed by atoms with Gasteiger partial charge in [-0.05, 0) is 13.8 Å². The molecule has 0 aliphatic heterocycles. The van der Waals surface area contributed by atoms with Crippen LogP contribution in [0.2, 0.25) is 0 Å². The molecule has 11 heavy (non-hydrogen) atoms. The average molecular weight is 153 g/mol. The molecule has 0 aromatic heterocycles. The summed E-state index contributed by atoms with van der Waals surface area (Å²) in [7, 11) is 0. The third-order valence-corrected chi connectivity index (χ3v) is 1.38. The van der Waals surface area contributed by atoms with E-state index in [9.17, 15) is 4.79 Å². The van der Waals surface area contributed by atoms with Crippen LogP contribution in [0.1, 0.15) is 13.8 Å². The molecule has 0 bridgehead atoms. The minimum Gasteiger partial charge on any atom is -0.458 e. The zero-order valence-electron chi connectivity index (χ0n) is 6.70. The first-order valence-corrected chi connectivity index (χ1v) is 3.34. The molecule has 0 aromatic rings. The fourth-order valence-electron chi connectivity index (χ4n) is 0.438. The standard InChI is InChI=1S/C8H11NO2/c1-4-8(10)11-7(3)6(2)5-9/h4,6-7H,1H2,2-3H3. The van der Waals surface area contributed by atoms with Gasteiger partial charge < -0.3 is 4.74 Å². The smallest absolute Gasteiger partial charge is 0.330 e. The number of ether oxygens (including phenoxy) is 1. The average Bonchev–Trinajstić information content (AvgIpc) is 2.02. The Kier molecular flexibility index (Phi) is 3.97. The Balaban J connectivity index is 3.88. The van der Waals surface area contributed by atoms with E-state index in [2.05, 4.69) is 6.58 Å². The van der Waals surface area contributed by atoms with Crippen LogP contribution in [0.3, 0.4) is 0 Å². The summed E-state index contributed by atoms with van der Waals surface area (Å²) < 4.78 is 4.77. The molecule has 3 heteroatoms. The molecule has 0 aromatic carbocycles. The van der Waals surface area contributed by atoms with Crippen LogP contribution in [-0.2, 0) is 9.53 Å². The summed E-state index contributed by atoms with van der Waals surface area (Å²) in [5.74, 6) is -0.765. The number of carbonyl (C=O) groups excluding carboxylic acids is 1. The minimum absolute atomic E-state index is 0.279. The topological polar surface area (TPSA) is 50.1 Å². The van der Waals surface area contributed by atoms with Gasteiger partial charge in [0.1, 0.15) is 6.10 Å². The zero-order valence-corrected chi connectivity index (χ0v) is 6.70. The van der Waals surface area contributed by atoms with Crippen LogP contribution < -0.4 is 0 Å². The zero-order chi connectivity index (χ0) is 8.85. The third-order valence-electron chi connectivity index (χ3n) is 1.38. The van der Waals surface area contributed by atoms with E-state index in [0.717, 1.165) is 6.08 Å². The maximum absolute atomic E-state index is 10.6. The largest absolute Gasteiger partial charge is 0.458 e. The molecule has 0 rings (SSSR count). The van der Waals surface area contributed by atoms with Crippen molar-refractivity contribution >= 4 is 5.97 Å². The van der Waals surface area contributed by atoms with Crippen molar-refractivity contribution in [3.8, 4) is 6.07 Å². The number of rotatable bonds is 3. The van der Waals surface area contributed by atoms with Gasteiger partial charge in [-0.3, -0.25) is 0 Å². The number of esters is 1. The summed E-state index contributed by atoms with van der Waals surface area (Å²) in [6.07, 6.45) is 0.714. The van der Waals surface area contributed by atoms with E-state index in [1.165, 1.54) is 0 Å². The molecule has 0 saturated carbocycles. The molecule has 0 spiro atoms. The van der Waals surface area contributed by atoms with E-state index >= 15 is 0 Å². The predicted molar refractivity (Wildman–Crippen MR) is 40.5 cm³/mol. The molecule has 0 saturated heterocycles. The fourth-order valence-corrected chi connectivity index (χ4v) is 0.438. The number of nitrogens with zero attached hydrogens (tertiary/aromatic N) is 1. The fraction of sp³-hybridized carbons (Fsp3) is 0.500. The van der Waals surface area contributed by atoms with Crippen LogP contribution in [0.4, 0.5) is 0 Å². The lowest BCUT2D eigenvalue weighted by Gasteiger charge is -2.12. The molecule has 0 N–H and O–H groups in total. The molecule has 0 aliphatic carbocycles. The molecule has 0 heterocycles. The van der Waals surface area contributed by atoms with Crippen LogP contribution in [0.15, 0.2) is 12.7 Å². The summed E-state index contributed by atoms with van der Waals surface area (Å²) in [6, 6.07) is 1.98. The lowest BCUT2D eigenvalue weighted by molar-refractivity contribution is -0.143. The van der Waals surface area contributed by atoms with E-state index in [0.29, 0.717) is 0 Å². The second-order valence-corrected chi connectivity index (χ2v) is 2.26. The van der Waals surface area contributed by atoms with Crippen molar-refractivity contribution < 1.29 is 9.53 Å². The monoisotopic (exact) mass is 153 g/mol. The van der Waals surface area contributed by atoms with Gasteiger partial charge in [-0.15, -0.1) is 0 Å². The van der Waals surface area contributed by atoms with E-state index in [1.54, 1.807) is 13.8 Å². The molecule has 0 aliphatic rings. The van der Waals surface area contributed by atoms with Gasteiger partial charge in [0.15, 0.2) is 0 Å². The van der Waals surface area contributed by atoms with Gasteiger partial charge in [0.2, 0.25) is 0 Å². The highest BCUT2D eigenvalue weighted by molar-refractivity contribution is 5.81. The van der Waals surface area contributed by atoms with Gasteiger partial charge in [-0.1, -0.05) is 6.58 Å². The molecular formula is C8H11NO2. The Morgan fingerprint density at radius 3 is 2.64 bits per heavy atom. The van der Waals surface area contributed by atoms with Gasteiger partial charge in [-0.2, -0.15) is 5.26 Å². The lowest BCUT2D eigenvalue weighted by atomic mass is 10.1. The molecule has 60 valence electrons. The first kappa shape index (κ1) is 9.70. The van der Waals surface area contributed by atoms with Crippen LogP contribution in [0.5, 0.6) is 0 Å². The number of hydrogen-bond acceptors (Lipinski definition) is 3. The molecular weight excluding hydrogens is 142 g/mol. The highest BCUT2D eigenvalue weighted by Crippen LogP contribution is 2.05. The minimum atomic E-state index is -0.486. The molecule has 0 radical (unpaired) electrons. The Morgan fingerprint density at radius 2 is 2.27 bits per heavy atom. The molecule has 0 amide bonds. The summed E-state index contributed by atoms with van der Waals surface area (Å²) >= 11 is 0. The van der Waals surface area contributed by atoms with Gasteiger partial charge in [0.25, 0.3) is 0 Å². The third kappa shape index (κ3) is 3.41. The maximum Gasteiger partial charge on any atom is 0.330 e. The van der Waals surface area contributed by atoms with Gasteiger partial charge in [0, 0.05) is 6.08 Å². The number of carbonyl (C=O) groups is 1.